The summed E-state index contributed by atoms with van der Waals surface area (Å²) in [5.74, 6) is 0.127. The Hall–Kier alpha value is -1.20. The molecular formula is C8H8Br2N6O2S. The van der Waals surface area contributed by atoms with Crippen LogP contribution in [0.25, 0.3) is 0 Å². The van der Waals surface area contributed by atoms with Gasteiger partial charge in [0.15, 0.2) is 10.4 Å². The summed E-state index contributed by atoms with van der Waals surface area (Å²) >= 11 is 6.21. The lowest BCUT2D eigenvalue weighted by Crippen LogP contribution is -2.18. The molecule has 0 saturated heterocycles. The van der Waals surface area contributed by atoms with Gasteiger partial charge in [-0.3, -0.25) is 4.72 Å². The highest BCUT2D eigenvalue weighted by Crippen LogP contribution is 2.26. The Bertz CT molecular complexity index is 709. The molecule has 0 atom stereocenters. The fourth-order valence-corrected chi connectivity index (χ4v) is 4.04. The van der Waals surface area contributed by atoms with Crippen LogP contribution >= 0.6 is 31.9 Å². The number of nitrogens with two attached hydrogens (primary N) is 1. The van der Waals surface area contributed by atoms with Crippen molar-refractivity contribution >= 4 is 53.4 Å². The van der Waals surface area contributed by atoms with E-state index in [-0.39, 0.29) is 15.4 Å². The second-order valence-corrected chi connectivity index (χ2v) is 6.72. The molecule has 0 aliphatic heterocycles. The van der Waals surface area contributed by atoms with E-state index in [9.17, 15) is 8.42 Å². The molecule has 0 amide bonds. The molecule has 2 aromatic rings. The van der Waals surface area contributed by atoms with Gasteiger partial charge >= 0.3 is 0 Å². The summed E-state index contributed by atoms with van der Waals surface area (Å²) in [4.78, 5) is 3.90. The van der Waals surface area contributed by atoms with Crippen molar-refractivity contribution in [2.45, 2.75) is 5.03 Å². The Labute approximate surface area is 125 Å². The van der Waals surface area contributed by atoms with Gasteiger partial charge in [0.1, 0.15) is 0 Å². The Morgan fingerprint density at radius 1 is 1.42 bits per heavy atom. The van der Waals surface area contributed by atoms with Gasteiger partial charge in [-0.25, -0.2) is 9.67 Å². The Kier molecular flexibility index (Phi) is 3.78. The molecule has 0 aliphatic rings. The van der Waals surface area contributed by atoms with E-state index < -0.39 is 10.0 Å². The van der Waals surface area contributed by atoms with E-state index in [2.05, 4.69) is 51.9 Å². The molecule has 102 valence electrons. The number of rotatable bonds is 3. The zero-order valence-corrected chi connectivity index (χ0v) is 13.5. The third kappa shape index (κ3) is 2.87. The van der Waals surface area contributed by atoms with Gasteiger partial charge in [0.05, 0.1) is 16.4 Å². The van der Waals surface area contributed by atoms with Crippen LogP contribution in [0.1, 0.15) is 0 Å². The van der Waals surface area contributed by atoms with E-state index in [0.717, 1.165) is 4.68 Å². The first-order valence-electron chi connectivity index (χ1n) is 4.80. The second-order valence-electron chi connectivity index (χ2n) is 3.51. The highest BCUT2D eigenvalue weighted by molar-refractivity contribution is 9.10. The summed E-state index contributed by atoms with van der Waals surface area (Å²) in [6.07, 6.45) is 1.35. The van der Waals surface area contributed by atoms with Crippen molar-refractivity contribution in [3.63, 3.8) is 0 Å². The fourth-order valence-electron chi connectivity index (χ4n) is 1.31. The average molecular weight is 412 g/mol. The van der Waals surface area contributed by atoms with Crippen molar-refractivity contribution in [3.8, 4) is 0 Å². The first-order valence-corrected chi connectivity index (χ1v) is 7.87. The predicted molar refractivity (Wildman–Crippen MR) is 75.9 cm³/mol. The number of nitrogens with one attached hydrogen (secondary N) is 1. The molecular weight excluding hydrogens is 404 g/mol. The number of halogens is 2. The smallest absolute Gasteiger partial charge is 0.283 e. The summed E-state index contributed by atoms with van der Waals surface area (Å²) in [6, 6.07) is 1.54. The Morgan fingerprint density at radius 3 is 2.63 bits per heavy atom. The molecule has 0 aromatic carbocycles. The number of hydrogen-bond donors (Lipinski definition) is 2. The van der Waals surface area contributed by atoms with Crippen LogP contribution in [0.3, 0.4) is 0 Å². The second kappa shape index (κ2) is 5.06. The topological polar surface area (TPSA) is 116 Å². The van der Waals surface area contributed by atoms with Crippen molar-refractivity contribution in [2.24, 2.45) is 7.05 Å². The van der Waals surface area contributed by atoms with Gasteiger partial charge in [-0.2, -0.15) is 8.42 Å². The van der Waals surface area contributed by atoms with Crippen LogP contribution in [0.15, 0.2) is 26.4 Å². The number of nitrogens with zero attached hydrogens (tertiary/aromatic N) is 4. The molecule has 0 fully saturated rings. The molecule has 3 N–H and O–H groups in total. The third-order valence-corrected chi connectivity index (χ3v) is 4.91. The van der Waals surface area contributed by atoms with Crippen molar-refractivity contribution in [1.29, 1.82) is 0 Å². The molecule has 0 aliphatic carbocycles. The van der Waals surface area contributed by atoms with E-state index in [1.54, 1.807) is 6.07 Å². The van der Waals surface area contributed by atoms with Gasteiger partial charge in [0.25, 0.3) is 10.0 Å². The lowest BCUT2D eigenvalue weighted by atomic mass is 10.4. The van der Waals surface area contributed by atoms with Gasteiger partial charge < -0.3 is 5.73 Å². The van der Waals surface area contributed by atoms with Crippen LogP contribution in [0.2, 0.25) is 0 Å². The number of pyridine rings is 1. The summed E-state index contributed by atoms with van der Waals surface area (Å²) in [7, 11) is -2.39. The van der Waals surface area contributed by atoms with Crippen LogP contribution in [0.5, 0.6) is 0 Å². The van der Waals surface area contributed by atoms with E-state index in [0.29, 0.717) is 10.2 Å². The predicted octanol–water partition coefficient (Wildman–Crippen LogP) is 1.12. The van der Waals surface area contributed by atoms with Gasteiger partial charge in [-0.1, -0.05) is 5.21 Å². The van der Waals surface area contributed by atoms with Gasteiger partial charge in [0.2, 0.25) is 5.03 Å². The highest BCUT2D eigenvalue weighted by atomic mass is 79.9. The van der Waals surface area contributed by atoms with Crippen LogP contribution in [0, 0.1) is 0 Å². The maximum Gasteiger partial charge on any atom is 0.283 e. The van der Waals surface area contributed by atoms with E-state index >= 15 is 0 Å². The molecule has 0 radical (unpaired) electrons. The van der Waals surface area contributed by atoms with Gasteiger partial charge in [0, 0.05) is 7.05 Å². The minimum atomic E-state index is -3.86. The summed E-state index contributed by atoms with van der Waals surface area (Å²) in [5.41, 5.74) is 5.95. The van der Waals surface area contributed by atoms with Crippen molar-refractivity contribution in [1.82, 2.24) is 20.0 Å². The summed E-state index contributed by atoms with van der Waals surface area (Å²) in [6.45, 7) is 0. The van der Waals surface area contributed by atoms with Crippen LogP contribution in [-0.4, -0.2) is 28.4 Å². The van der Waals surface area contributed by atoms with Crippen LogP contribution in [-0.2, 0) is 17.1 Å². The molecule has 2 heterocycles. The lowest BCUT2D eigenvalue weighted by Gasteiger charge is -2.09. The largest absolute Gasteiger partial charge is 0.397 e. The number of nitrogen functional groups attached to an aromatic ring is 1. The molecule has 11 heteroatoms. The van der Waals surface area contributed by atoms with Crippen LogP contribution in [0.4, 0.5) is 11.5 Å². The van der Waals surface area contributed by atoms with Crippen molar-refractivity contribution in [2.75, 3.05) is 10.5 Å². The van der Waals surface area contributed by atoms with Gasteiger partial charge in [-0.15, -0.1) is 5.10 Å². The molecule has 0 unspecified atom stereocenters. The molecule has 8 nitrogen and oxygen atoms in total. The minimum absolute atomic E-state index is 0.0991. The molecule has 2 aromatic heterocycles. The number of hydrogen-bond acceptors (Lipinski definition) is 6. The van der Waals surface area contributed by atoms with E-state index in [1.807, 2.05) is 0 Å². The van der Waals surface area contributed by atoms with Crippen molar-refractivity contribution in [3.05, 3.63) is 21.3 Å². The quantitative estimate of drug-likeness (QED) is 0.781. The number of sulfonamides is 1. The van der Waals surface area contributed by atoms with Crippen LogP contribution < -0.4 is 10.5 Å². The van der Waals surface area contributed by atoms with E-state index in [1.165, 1.54) is 13.2 Å². The molecule has 0 bridgehead atoms. The number of aryl methyl sites for hydroxylation is 1. The number of aromatic nitrogens is 4. The maximum atomic E-state index is 12.2. The molecule has 19 heavy (non-hydrogen) atoms. The first-order chi connectivity index (χ1) is 8.81. The fraction of sp³-hybridized carbons (Fsp3) is 0.125. The van der Waals surface area contributed by atoms with Crippen molar-refractivity contribution < 1.29 is 8.42 Å². The summed E-state index contributed by atoms with van der Waals surface area (Å²) in [5, 5.41) is 7.13. The average Bonchev–Trinajstić information content (AvgIpc) is 2.63. The zero-order valence-electron chi connectivity index (χ0n) is 9.50. The third-order valence-electron chi connectivity index (χ3n) is 2.08. The minimum Gasteiger partial charge on any atom is -0.397 e. The zero-order chi connectivity index (χ0) is 14.2. The lowest BCUT2D eigenvalue weighted by molar-refractivity contribution is 0.578. The molecule has 0 spiro atoms. The Balaban J connectivity index is 2.42. The standard InChI is InChI=1S/C8H8Br2N6O2S/c1-16-8(6(10)13-15-16)19(17,18)14-7-5(9)2-4(11)3-12-7/h2-3H,11H2,1H3,(H,12,14). The maximum absolute atomic E-state index is 12.2. The normalized spacial score (nSPS) is 11.5. The monoisotopic (exact) mass is 410 g/mol. The molecule has 2 rings (SSSR count). The highest BCUT2D eigenvalue weighted by Gasteiger charge is 2.25. The van der Waals surface area contributed by atoms with E-state index in [4.69, 9.17) is 5.73 Å². The number of anilines is 2. The molecule has 0 saturated carbocycles. The van der Waals surface area contributed by atoms with Gasteiger partial charge in [-0.05, 0) is 37.9 Å². The SMILES string of the molecule is Cn1nnc(Br)c1S(=O)(=O)Nc1ncc(N)cc1Br. The first kappa shape index (κ1) is 14.2. The Morgan fingerprint density at radius 2 is 2.11 bits per heavy atom. The summed E-state index contributed by atoms with van der Waals surface area (Å²) < 4.78 is 28.4.